The van der Waals surface area contributed by atoms with E-state index >= 15 is 0 Å². The second-order valence-electron chi connectivity index (χ2n) is 7.33. The van der Waals surface area contributed by atoms with Crippen molar-refractivity contribution in [2.24, 2.45) is 5.41 Å². The lowest BCUT2D eigenvalue weighted by Crippen LogP contribution is -2.47. The molecule has 1 heterocycles. The Hall–Kier alpha value is -0.0800. The minimum absolute atomic E-state index is 0.559. The zero-order valence-corrected chi connectivity index (χ0v) is 13.9. The van der Waals surface area contributed by atoms with Crippen LogP contribution in [0.1, 0.15) is 77.6 Å². The Morgan fingerprint density at radius 1 is 1.00 bits per heavy atom. The fourth-order valence-corrected chi connectivity index (χ4v) is 4.58. The fourth-order valence-electron chi connectivity index (χ4n) is 4.58. The van der Waals surface area contributed by atoms with E-state index in [1.165, 1.54) is 90.3 Å². The van der Waals surface area contributed by atoms with Gasteiger partial charge in [-0.25, -0.2) is 0 Å². The van der Waals surface area contributed by atoms with Crippen molar-refractivity contribution in [3.05, 3.63) is 0 Å². The molecule has 1 saturated heterocycles. The lowest BCUT2D eigenvalue weighted by atomic mass is 9.79. The quantitative estimate of drug-likeness (QED) is 0.759. The highest BCUT2D eigenvalue weighted by Gasteiger charge is 2.34. The van der Waals surface area contributed by atoms with Crippen molar-refractivity contribution < 1.29 is 0 Å². The third-order valence-corrected chi connectivity index (χ3v) is 5.72. The molecule has 2 fully saturated rings. The first kappa shape index (κ1) is 16.3. The van der Waals surface area contributed by atoms with Gasteiger partial charge in [-0.1, -0.05) is 45.4 Å². The zero-order chi connectivity index (χ0) is 14.3. The van der Waals surface area contributed by atoms with Crippen molar-refractivity contribution in [3.8, 4) is 0 Å². The molecular formula is C18H36N2. The van der Waals surface area contributed by atoms with Crippen LogP contribution in [-0.4, -0.2) is 37.6 Å². The van der Waals surface area contributed by atoms with Gasteiger partial charge in [0.05, 0.1) is 0 Å². The van der Waals surface area contributed by atoms with Crippen LogP contribution in [0.2, 0.25) is 0 Å². The highest BCUT2D eigenvalue weighted by atomic mass is 15.2. The van der Waals surface area contributed by atoms with Gasteiger partial charge in [0.2, 0.25) is 0 Å². The highest BCUT2D eigenvalue weighted by molar-refractivity contribution is 4.89. The van der Waals surface area contributed by atoms with Crippen molar-refractivity contribution in [3.63, 3.8) is 0 Å². The van der Waals surface area contributed by atoms with Crippen LogP contribution in [0.15, 0.2) is 0 Å². The van der Waals surface area contributed by atoms with E-state index in [0.717, 1.165) is 6.04 Å². The van der Waals surface area contributed by atoms with Gasteiger partial charge in [-0.3, -0.25) is 4.90 Å². The van der Waals surface area contributed by atoms with Crippen molar-refractivity contribution >= 4 is 0 Å². The van der Waals surface area contributed by atoms with E-state index in [1.807, 2.05) is 0 Å². The molecule has 1 aliphatic heterocycles. The predicted octanol–water partition coefficient (Wildman–Crippen LogP) is 4.20. The summed E-state index contributed by atoms with van der Waals surface area (Å²) in [6.45, 7) is 6.32. The van der Waals surface area contributed by atoms with E-state index in [9.17, 15) is 0 Å². The molecule has 1 aliphatic carbocycles. The molecule has 1 N–H and O–H groups in total. The molecule has 1 saturated carbocycles. The van der Waals surface area contributed by atoms with E-state index in [4.69, 9.17) is 0 Å². The van der Waals surface area contributed by atoms with E-state index in [2.05, 4.69) is 24.2 Å². The molecule has 0 amide bonds. The first-order valence-corrected chi connectivity index (χ1v) is 9.18. The van der Waals surface area contributed by atoms with Crippen LogP contribution in [-0.2, 0) is 0 Å². The molecule has 0 aromatic rings. The Morgan fingerprint density at radius 2 is 1.70 bits per heavy atom. The van der Waals surface area contributed by atoms with E-state index in [0.29, 0.717) is 5.41 Å². The Kier molecular flexibility index (Phi) is 6.83. The number of likely N-dealkylation sites (tertiary alicyclic amines) is 1. The summed E-state index contributed by atoms with van der Waals surface area (Å²) in [4.78, 5) is 2.87. The Labute approximate surface area is 126 Å². The van der Waals surface area contributed by atoms with Gasteiger partial charge in [-0.2, -0.15) is 0 Å². The zero-order valence-electron chi connectivity index (χ0n) is 13.9. The third kappa shape index (κ3) is 4.46. The molecule has 0 aromatic carbocycles. The molecular weight excluding hydrogens is 244 g/mol. The average Bonchev–Trinajstić information content (AvgIpc) is 2.80. The molecule has 2 aliphatic rings. The maximum Gasteiger partial charge on any atom is 0.00928 e. The standard InChI is InChI=1S/C18H36N2/c1-3-17-11-7-6-10-14-20(17)16-18(15-19-2)12-8-4-5-9-13-18/h17,19H,3-16H2,1-2H3. The maximum absolute atomic E-state index is 3.52. The predicted molar refractivity (Wildman–Crippen MR) is 88.2 cm³/mol. The minimum Gasteiger partial charge on any atom is -0.319 e. The van der Waals surface area contributed by atoms with Gasteiger partial charge in [0.25, 0.3) is 0 Å². The van der Waals surface area contributed by atoms with Crippen molar-refractivity contribution in [2.75, 3.05) is 26.7 Å². The first-order chi connectivity index (χ1) is 9.79. The van der Waals surface area contributed by atoms with E-state index in [1.54, 1.807) is 0 Å². The molecule has 0 radical (unpaired) electrons. The molecule has 1 unspecified atom stereocenters. The molecule has 118 valence electrons. The van der Waals surface area contributed by atoms with Crippen LogP contribution < -0.4 is 5.32 Å². The van der Waals surface area contributed by atoms with Gasteiger partial charge in [0.15, 0.2) is 0 Å². The maximum atomic E-state index is 3.52. The fraction of sp³-hybridized carbons (Fsp3) is 1.00. The van der Waals surface area contributed by atoms with E-state index < -0.39 is 0 Å². The second kappa shape index (κ2) is 8.38. The lowest BCUT2D eigenvalue weighted by molar-refractivity contribution is 0.0933. The molecule has 20 heavy (non-hydrogen) atoms. The summed E-state index contributed by atoms with van der Waals surface area (Å²) in [7, 11) is 2.15. The van der Waals surface area contributed by atoms with Crippen LogP contribution in [0.5, 0.6) is 0 Å². The summed E-state index contributed by atoms with van der Waals surface area (Å²) in [6.07, 6.45) is 15.8. The molecule has 1 atom stereocenters. The summed E-state index contributed by atoms with van der Waals surface area (Å²) in [5.41, 5.74) is 0.559. The van der Waals surface area contributed by atoms with Crippen molar-refractivity contribution in [1.29, 1.82) is 0 Å². The number of nitrogens with zero attached hydrogens (tertiary/aromatic N) is 1. The Morgan fingerprint density at radius 3 is 2.35 bits per heavy atom. The molecule has 2 rings (SSSR count). The third-order valence-electron chi connectivity index (χ3n) is 5.72. The van der Waals surface area contributed by atoms with Crippen LogP contribution in [0, 0.1) is 5.41 Å². The van der Waals surface area contributed by atoms with Gasteiger partial charge in [-0.05, 0) is 51.1 Å². The summed E-state index contributed by atoms with van der Waals surface area (Å²) in [5, 5.41) is 3.52. The van der Waals surface area contributed by atoms with Gasteiger partial charge in [0, 0.05) is 19.1 Å². The topological polar surface area (TPSA) is 15.3 Å². The summed E-state index contributed by atoms with van der Waals surface area (Å²) in [5.74, 6) is 0. The summed E-state index contributed by atoms with van der Waals surface area (Å²) in [6, 6.07) is 0.856. The second-order valence-corrected chi connectivity index (χ2v) is 7.33. The molecule has 2 heteroatoms. The highest BCUT2D eigenvalue weighted by Crippen LogP contribution is 2.37. The molecule has 0 spiro atoms. The lowest BCUT2D eigenvalue weighted by Gasteiger charge is -2.41. The normalized spacial score (nSPS) is 28.8. The largest absolute Gasteiger partial charge is 0.319 e. The number of nitrogens with one attached hydrogen (secondary N) is 1. The van der Waals surface area contributed by atoms with E-state index in [-0.39, 0.29) is 0 Å². The van der Waals surface area contributed by atoms with Crippen LogP contribution in [0.25, 0.3) is 0 Å². The Bertz CT molecular complexity index is 256. The first-order valence-electron chi connectivity index (χ1n) is 9.18. The van der Waals surface area contributed by atoms with Gasteiger partial charge in [0.1, 0.15) is 0 Å². The van der Waals surface area contributed by atoms with Gasteiger partial charge >= 0.3 is 0 Å². The van der Waals surface area contributed by atoms with Gasteiger partial charge < -0.3 is 5.32 Å². The molecule has 0 bridgehead atoms. The monoisotopic (exact) mass is 280 g/mol. The smallest absolute Gasteiger partial charge is 0.00928 e. The van der Waals surface area contributed by atoms with Crippen LogP contribution >= 0.6 is 0 Å². The van der Waals surface area contributed by atoms with Crippen molar-refractivity contribution in [1.82, 2.24) is 10.2 Å². The van der Waals surface area contributed by atoms with Crippen molar-refractivity contribution in [2.45, 2.75) is 83.6 Å². The molecule has 2 nitrogen and oxygen atoms in total. The van der Waals surface area contributed by atoms with Crippen LogP contribution in [0.3, 0.4) is 0 Å². The molecule has 0 aromatic heterocycles. The number of rotatable bonds is 5. The summed E-state index contributed by atoms with van der Waals surface area (Å²) >= 11 is 0. The number of hydrogen-bond donors (Lipinski definition) is 1. The van der Waals surface area contributed by atoms with Gasteiger partial charge in [-0.15, -0.1) is 0 Å². The van der Waals surface area contributed by atoms with Crippen LogP contribution in [0.4, 0.5) is 0 Å². The SMILES string of the molecule is CCC1CCCCCN1CC1(CNC)CCCCCC1. The number of hydrogen-bond acceptors (Lipinski definition) is 2. The summed E-state index contributed by atoms with van der Waals surface area (Å²) < 4.78 is 0. The Balaban J connectivity index is 2.04. The minimum atomic E-state index is 0.559. The average molecular weight is 280 g/mol.